The van der Waals surface area contributed by atoms with Gasteiger partial charge in [-0.05, 0) is 19.8 Å². The molecule has 1 saturated carbocycles. The summed E-state index contributed by atoms with van der Waals surface area (Å²) in [5, 5.41) is 34.9. The molecule has 1 saturated heterocycles. The lowest BCUT2D eigenvalue weighted by molar-refractivity contribution is -0.103. The minimum absolute atomic E-state index is 0.122. The predicted octanol–water partition coefficient (Wildman–Crippen LogP) is 0.378. The molecule has 164 valence electrons. The summed E-state index contributed by atoms with van der Waals surface area (Å²) in [5.74, 6) is 1.37. The van der Waals surface area contributed by atoms with Crippen molar-refractivity contribution in [3.05, 3.63) is 30.2 Å². The van der Waals surface area contributed by atoms with Crippen molar-refractivity contribution in [3.63, 3.8) is 0 Å². The number of nitrogens with zero attached hydrogens (tertiary/aromatic N) is 7. The van der Waals surface area contributed by atoms with E-state index in [-0.39, 0.29) is 12.5 Å². The van der Waals surface area contributed by atoms with Crippen LogP contribution in [0.25, 0.3) is 11.2 Å². The molecule has 11 nitrogen and oxygen atoms in total. The van der Waals surface area contributed by atoms with Crippen molar-refractivity contribution in [1.29, 1.82) is 0 Å². The molecular weight excluding hydrogens is 424 g/mol. The molecule has 0 unspecified atom stereocenters. The molecule has 4 heterocycles. The Labute approximate surface area is 182 Å². The molecule has 0 radical (unpaired) electrons. The fourth-order valence-corrected chi connectivity index (χ4v) is 4.57. The summed E-state index contributed by atoms with van der Waals surface area (Å²) in [4.78, 5) is 23.5. The Morgan fingerprint density at radius 3 is 2.71 bits per heavy atom. The minimum Gasteiger partial charge on any atom is -0.390 e. The molecule has 4 N–H and O–H groups in total. The summed E-state index contributed by atoms with van der Waals surface area (Å²) in [5.41, 5.74) is -0.491. The van der Waals surface area contributed by atoms with Crippen LogP contribution < -0.4 is 10.2 Å². The van der Waals surface area contributed by atoms with Gasteiger partial charge in [0.25, 0.3) is 0 Å². The van der Waals surface area contributed by atoms with Crippen molar-refractivity contribution in [3.8, 4) is 0 Å². The average Bonchev–Trinajstić information content (AvgIpc) is 3.43. The van der Waals surface area contributed by atoms with Gasteiger partial charge in [0.15, 0.2) is 11.5 Å². The molecule has 2 fully saturated rings. The number of rotatable bonds is 4. The van der Waals surface area contributed by atoms with Crippen LogP contribution >= 0.6 is 11.6 Å². The Morgan fingerprint density at radius 1 is 1.16 bits per heavy atom. The summed E-state index contributed by atoms with van der Waals surface area (Å²) in [7, 11) is 0. The van der Waals surface area contributed by atoms with Crippen LogP contribution in [-0.2, 0) is 0 Å². The van der Waals surface area contributed by atoms with Gasteiger partial charge in [0.1, 0.15) is 40.8 Å². The summed E-state index contributed by atoms with van der Waals surface area (Å²) in [6, 6.07) is 1.32. The van der Waals surface area contributed by atoms with Gasteiger partial charge in [-0.1, -0.05) is 11.6 Å². The number of anilines is 2. The lowest BCUT2D eigenvalue weighted by atomic mass is 10.0. The number of nitrogens with one attached hydrogen (secondary N) is 1. The second-order valence-corrected chi connectivity index (χ2v) is 8.70. The highest BCUT2D eigenvalue weighted by Gasteiger charge is 2.51. The van der Waals surface area contributed by atoms with Gasteiger partial charge in [-0.25, -0.2) is 24.9 Å². The zero-order chi connectivity index (χ0) is 21.8. The van der Waals surface area contributed by atoms with E-state index in [0.717, 1.165) is 25.3 Å². The van der Waals surface area contributed by atoms with E-state index in [9.17, 15) is 15.3 Å². The molecule has 0 bridgehead atoms. The zero-order valence-corrected chi connectivity index (χ0v) is 17.6. The third-order valence-corrected chi connectivity index (χ3v) is 6.50. The smallest absolute Gasteiger partial charge is 0.165 e. The molecule has 5 atom stereocenters. The van der Waals surface area contributed by atoms with Gasteiger partial charge < -0.3 is 30.1 Å². The van der Waals surface area contributed by atoms with Crippen molar-refractivity contribution in [2.75, 3.05) is 23.3 Å². The second kappa shape index (κ2) is 7.52. The topological polar surface area (TPSA) is 145 Å². The fraction of sp³-hybridized carbons (Fsp3) is 0.526. The molecule has 0 aromatic carbocycles. The van der Waals surface area contributed by atoms with Crippen LogP contribution in [-0.4, -0.2) is 81.7 Å². The van der Waals surface area contributed by atoms with E-state index in [4.69, 9.17) is 11.6 Å². The third kappa shape index (κ3) is 3.47. The molecule has 12 heteroatoms. The summed E-state index contributed by atoms with van der Waals surface area (Å²) in [6.45, 7) is 2.96. The Hall–Kier alpha value is -2.60. The van der Waals surface area contributed by atoms with Gasteiger partial charge >= 0.3 is 0 Å². The molecule has 1 aliphatic carbocycles. The van der Waals surface area contributed by atoms with E-state index >= 15 is 0 Å². The van der Waals surface area contributed by atoms with Gasteiger partial charge in [-0.15, -0.1) is 0 Å². The molecule has 2 aliphatic rings. The number of imidazole rings is 1. The highest BCUT2D eigenvalue weighted by Crippen LogP contribution is 2.39. The molecular formula is C19H23ClN8O3. The van der Waals surface area contributed by atoms with E-state index < -0.39 is 23.9 Å². The van der Waals surface area contributed by atoms with E-state index in [0.29, 0.717) is 22.1 Å². The number of aliphatic hydroxyl groups excluding tert-OH is 2. The number of aromatic nitrogens is 6. The van der Waals surface area contributed by atoms with Gasteiger partial charge in [0.2, 0.25) is 0 Å². The van der Waals surface area contributed by atoms with E-state index in [1.165, 1.54) is 19.6 Å². The van der Waals surface area contributed by atoms with Crippen LogP contribution in [0.5, 0.6) is 0 Å². The van der Waals surface area contributed by atoms with Crippen LogP contribution in [0.3, 0.4) is 0 Å². The number of hydrogen-bond acceptors (Lipinski definition) is 10. The van der Waals surface area contributed by atoms with Crippen LogP contribution in [0, 0.1) is 0 Å². The lowest BCUT2D eigenvalue weighted by Crippen LogP contribution is -2.44. The highest BCUT2D eigenvalue weighted by molar-refractivity contribution is 6.29. The van der Waals surface area contributed by atoms with Crippen LogP contribution in [0.1, 0.15) is 25.8 Å². The first-order chi connectivity index (χ1) is 14.8. The first-order valence-corrected chi connectivity index (χ1v) is 10.5. The highest BCUT2D eigenvalue weighted by atomic mass is 35.5. The van der Waals surface area contributed by atoms with E-state index in [1.807, 2.05) is 0 Å². The molecule has 1 aliphatic heterocycles. The van der Waals surface area contributed by atoms with Crippen molar-refractivity contribution >= 4 is 34.4 Å². The number of aliphatic hydroxyl groups is 3. The van der Waals surface area contributed by atoms with Gasteiger partial charge in [0, 0.05) is 25.2 Å². The largest absolute Gasteiger partial charge is 0.390 e. The monoisotopic (exact) mass is 446 g/mol. The Kier molecular flexibility index (Phi) is 4.93. The minimum atomic E-state index is -1.59. The second-order valence-electron chi connectivity index (χ2n) is 8.31. The number of halogens is 1. The maximum absolute atomic E-state index is 10.5. The number of fused-ring (bicyclic) bond motifs is 1. The molecule has 3 aromatic rings. The Balaban J connectivity index is 1.36. The summed E-state index contributed by atoms with van der Waals surface area (Å²) >= 11 is 5.98. The normalized spacial score (nSPS) is 30.9. The quantitative estimate of drug-likeness (QED) is 0.415. The van der Waals surface area contributed by atoms with Crippen LogP contribution in [0.4, 0.5) is 11.6 Å². The standard InChI is InChI=1S/C19H23ClN8O3/c1-19(31)12(29)4-11(16(19)30)28-9-25-15-17(23-8-24-18(15)28)26-10-2-3-27(6-10)14-5-13(20)21-7-22-14/h5,7-12,16,29-31H,2-4,6H2,1H3,(H,23,24,26)/t10-,11+,12+,16-,19+/m0/s1. The summed E-state index contributed by atoms with van der Waals surface area (Å²) < 4.78 is 1.70. The average molecular weight is 447 g/mol. The van der Waals surface area contributed by atoms with E-state index in [1.54, 1.807) is 17.0 Å². The summed E-state index contributed by atoms with van der Waals surface area (Å²) in [6.07, 6.45) is 3.35. The van der Waals surface area contributed by atoms with Gasteiger partial charge in [0.05, 0.1) is 18.5 Å². The molecule has 5 rings (SSSR count). The van der Waals surface area contributed by atoms with Gasteiger partial charge in [-0.2, -0.15) is 0 Å². The first kappa shape index (κ1) is 20.3. The van der Waals surface area contributed by atoms with Crippen molar-refractivity contribution < 1.29 is 15.3 Å². The molecule has 0 amide bonds. The maximum Gasteiger partial charge on any atom is 0.165 e. The lowest BCUT2D eigenvalue weighted by Gasteiger charge is -2.26. The van der Waals surface area contributed by atoms with Crippen molar-refractivity contribution in [2.45, 2.75) is 49.7 Å². The van der Waals surface area contributed by atoms with Crippen molar-refractivity contribution in [1.82, 2.24) is 29.5 Å². The van der Waals surface area contributed by atoms with Crippen LogP contribution in [0.15, 0.2) is 25.0 Å². The molecule has 31 heavy (non-hydrogen) atoms. The first-order valence-electron chi connectivity index (χ1n) is 10.1. The maximum atomic E-state index is 10.5. The van der Waals surface area contributed by atoms with Crippen molar-refractivity contribution in [2.24, 2.45) is 0 Å². The third-order valence-electron chi connectivity index (χ3n) is 6.29. The van der Waals surface area contributed by atoms with E-state index in [2.05, 4.69) is 35.1 Å². The van der Waals surface area contributed by atoms with Crippen LogP contribution in [0.2, 0.25) is 5.15 Å². The molecule has 0 spiro atoms. The SMILES string of the molecule is C[C@@]1(O)[C@H](O)C[C@@H](n2cnc3c(N[C@H]4CCN(c5cc(Cl)ncn5)C4)ncnc32)[C@@H]1O. The van der Waals surface area contributed by atoms with Gasteiger partial charge in [-0.3, -0.25) is 0 Å². The zero-order valence-electron chi connectivity index (χ0n) is 16.8. The number of hydrogen-bond donors (Lipinski definition) is 4. The molecule has 3 aromatic heterocycles. The Bertz CT molecular complexity index is 1110. The Morgan fingerprint density at radius 2 is 1.97 bits per heavy atom. The fourth-order valence-electron chi connectivity index (χ4n) is 4.43. The predicted molar refractivity (Wildman–Crippen MR) is 113 cm³/mol.